The molecule has 0 aliphatic carbocycles. The summed E-state index contributed by atoms with van der Waals surface area (Å²) < 4.78 is 16.9. The van der Waals surface area contributed by atoms with Crippen LogP contribution in [0.3, 0.4) is 0 Å². The molecule has 0 saturated carbocycles. The van der Waals surface area contributed by atoms with Gasteiger partial charge in [-0.05, 0) is 116 Å². The van der Waals surface area contributed by atoms with E-state index in [1.807, 2.05) is 6.08 Å². The van der Waals surface area contributed by atoms with Gasteiger partial charge < -0.3 is 14.2 Å². The van der Waals surface area contributed by atoms with Crippen LogP contribution in [0.2, 0.25) is 0 Å². The Balaban J connectivity index is 4.36. The number of hydrogen-bond donors (Lipinski definition) is 0. The highest BCUT2D eigenvalue weighted by molar-refractivity contribution is 5.71. The maximum atomic E-state index is 12.9. The van der Waals surface area contributed by atoms with Gasteiger partial charge in [-0.25, -0.2) is 0 Å². The number of rotatable bonds is 63. The third-order valence-electron chi connectivity index (χ3n) is 14.9. The molecule has 0 aromatic heterocycles. The predicted octanol–water partition coefficient (Wildman–Crippen LogP) is 24.3. The van der Waals surface area contributed by atoms with Crippen molar-refractivity contribution in [3.05, 3.63) is 122 Å². The van der Waals surface area contributed by atoms with E-state index in [-0.39, 0.29) is 31.6 Å². The van der Waals surface area contributed by atoms with Crippen LogP contribution < -0.4 is 0 Å². The van der Waals surface area contributed by atoms with Gasteiger partial charge in [-0.2, -0.15) is 0 Å². The Bertz CT molecular complexity index is 1700. The summed E-state index contributed by atoms with van der Waals surface area (Å²) in [4.78, 5) is 38.4. The highest BCUT2D eigenvalue weighted by Crippen LogP contribution is 2.17. The first-order chi connectivity index (χ1) is 41.0. The van der Waals surface area contributed by atoms with Crippen LogP contribution >= 0.6 is 0 Å². The minimum atomic E-state index is -0.827. The molecule has 0 fully saturated rings. The number of esters is 3. The minimum Gasteiger partial charge on any atom is -0.462 e. The standard InChI is InChI=1S/C77H130O6/c1-4-7-10-13-16-19-22-25-28-31-33-34-35-36-37-38-39-40-41-42-44-46-49-52-55-58-61-64-67-70-76(79)82-73-74(72-81-75(78)69-66-63-60-57-54-51-48-45-30-27-24-21-18-15-12-9-6-3)83-77(80)71-68-65-62-59-56-53-50-47-43-32-29-26-23-20-17-14-11-8-5-2/h8-9,11-12,17-18,20-21,26-27,29-31,33,43,47,53,56,62,65,74H,4-7,10,13-16,19,22-25,28,32,34-42,44-46,48-52,54-55,57-61,63-64,66-73H2,1-3H3/b11-8-,12-9-,20-17-,21-18-,29-26-,30-27-,33-31-,47-43-,56-53-,65-62-. The van der Waals surface area contributed by atoms with E-state index in [0.29, 0.717) is 19.3 Å². The Kier molecular flexibility index (Phi) is 66.7. The Morgan fingerprint density at radius 3 is 0.795 bits per heavy atom. The average Bonchev–Trinajstić information content (AvgIpc) is 3.49. The van der Waals surface area contributed by atoms with Crippen LogP contribution in [0.25, 0.3) is 0 Å². The van der Waals surface area contributed by atoms with Crippen LogP contribution in [0.5, 0.6) is 0 Å². The van der Waals surface area contributed by atoms with E-state index in [9.17, 15) is 14.4 Å². The Hall–Kier alpha value is -4.19. The Morgan fingerprint density at radius 2 is 0.494 bits per heavy atom. The largest absolute Gasteiger partial charge is 0.462 e. The van der Waals surface area contributed by atoms with Crippen LogP contribution in [-0.2, 0) is 28.6 Å². The van der Waals surface area contributed by atoms with Crippen molar-refractivity contribution >= 4 is 17.9 Å². The number of unbranched alkanes of at least 4 members (excludes halogenated alkanes) is 32. The molecule has 6 heteroatoms. The summed E-state index contributed by atoms with van der Waals surface area (Å²) in [7, 11) is 0. The number of allylic oxidation sites excluding steroid dienone is 20. The molecule has 0 aliphatic rings. The lowest BCUT2D eigenvalue weighted by molar-refractivity contribution is -0.166. The molecule has 0 heterocycles. The molecule has 0 radical (unpaired) electrons. The van der Waals surface area contributed by atoms with Gasteiger partial charge in [0.25, 0.3) is 0 Å². The average molecular weight is 1150 g/mol. The molecule has 0 rings (SSSR count). The fraction of sp³-hybridized carbons (Fsp3) is 0.701. The predicted molar refractivity (Wildman–Crippen MR) is 362 cm³/mol. The topological polar surface area (TPSA) is 78.9 Å². The van der Waals surface area contributed by atoms with Gasteiger partial charge in [0.15, 0.2) is 6.10 Å². The number of hydrogen-bond acceptors (Lipinski definition) is 6. The fourth-order valence-corrected chi connectivity index (χ4v) is 9.77. The fourth-order valence-electron chi connectivity index (χ4n) is 9.77. The minimum absolute atomic E-state index is 0.112. The zero-order chi connectivity index (χ0) is 59.9. The molecule has 0 bridgehead atoms. The van der Waals surface area contributed by atoms with Gasteiger partial charge in [0.05, 0.1) is 0 Å². The molecule has 0 amide bonds. The first-order valence-electron chi connectivity index (χ1n) is 35.0. The summed E-state index contributed by atoms with van der Waals surface area (Å²) in [5.74, 6) is -0.998. The Morgan fingerprint density at radius 1 is 0.253 bits per heavy atom. The van der Waals surface area contributed by atoms with Crippen molar-refractivity contribution in [1.29, 1.82) is 0 Å². The zero-order valence-electron chi connectivity index (χ0n) is 54.4. The van der Waals surface area contributed by atoms with E-state index in [1.165, 1.54) is 180 Å². The van der Waals surface area contributed by atoms with Crippen molar-refractivity contribution < 1.29 is 28.6 Å². The first-order valence-corrected chi connectivity index (χ1v) is 35.0. The third-order valence-corrected chi connectivity index (χ3v) is 14.9. The monoisotopic (exact) mass is 1150 g/mol. The zero-order valence-corrected chi connectivity index (χ0v) is 54.4. The maximum Gasteiger partial charge on any atom is 0.306 e. The summed E-state index contributed by atoms with van der Waals surface area (Å²) in [6, 6.07) is 0. The molecule has 0 spiro atoms. The Labute approximate surface area is 513 Å². The molecule has 0 N–H and O–H groups in total. The highest BCUT2D eigenvalue weighted by atomic mass is 16.6. The number of ether oxygens (including phenoxy) is 3. The second-order valence-corrected chi connectivity index (χ2v) is 23.0. The van der Waals surface area contributed by atoms with Crippen molar-refractivity contribution in [3.63, 3.8) is 0 Å². The SMILES string of the molecule is CC/C=C\C/C=C\C/C=C\C/C=C\C/C=C\C/C=C\CCC(=O)OC(COC(=O)CCCCCCCCC/C=C\C/C=C\C/C=C\CC)COC(=O)CCCCCCCCCCCCCCCCCCC/C=C\CCCCCCCCCC. The molecule has 6 nitrogen and oxygen atoms in total. The number of carbonyl (C=O) groups is 3. The van der Waals surface area contributed by atoms with Crippen LogP contribution in [0.4, 0.5) is 0 Å². The van der Waals surface area contributed by atoms with Crippen molar-refractivity contribution in [2.75, 3.05) is 13.2 Å². The van der Waals surface area contributed by atoms with E-state index < -0.39 is 12.1 Å². The molecule has 0 aromatic carbocycles. The second kappa shape index (κ2) is 70.3. The summed E-state index contributed by atoms with van der Waals surface area (Å²) in [6.45, 7) is 6.38. The van der Waals surface area contributed by atoms with Crippen LogP contribution in [0.1, 0.15) is 329 Å². The second-order valence-electron chi connectivity index (χ2n) is 23.0. The van der Waals surface area contributed by atoms with Crippen molar-refractivity contribution in [2.24, 2.45) is 0 Å². The summed E-state index contributed by atoms with van der Waals surface area (Å²) in [5.41, 5.74) is 0. The van der Waals surface area contributed by atoms with Gasteiger partial charge in [-0.15, -0.1) is 0 Å². The van der Waals surface area contributed by atoms with Crippen LogP contribution in [-0.4, -0.2) is 37.2 Å². The van der Waals surface area contributed by atoms with E-state index in [2.05, 4.69) is 136 Å². The van der Waals surface area contributed by atoms with E-state index in [1.54, 1.807) is 0 Å². The molecule has 0 saturated heterocycles. The first kappa shape index (κ1) is 78.8. The van der Waals surface area contributed by atoms with Crippen LogP contribution in [0, 0.1) is 0 Å². The van der Waals surface area contributed by atoms with Gasteiger partial charge in [0.2, 0.25) is 0 Å². The van der Waals surface area contributed by atoms with Gasteiger partial charge >= 0.3 is 17.9 Å². The van der Waals surface area contributed by atoms with Crippen molar-refractivity contribution in [2.45, 2.75) is 335 Å². The normalized spacial score (nSPS) is 12.9. The van der Waals surface area contributed by atoms with Crippen LogP contribution in [0.15, 0.2) is 122 Å². The summed E-state index contributed by atoms with van der Waals surface area (Å²) >= 11 is 0. The van der Waals surface area contributed by atoms with Gasteiger partial charge in [0, 0.05) is 19.3 Å². The molecule has 0 aliphatic heterocycles. The maximum absolute atomic E-state index is 12.9. The summed E-state index contributed by atoms with van der Waals surface area (Å²) in [6.07, 6.45) is 98.2. The van der Waals surface area contributed by atoms with Crippen molar-refractivity contribution in [3.8, 4) is 0 Å². The number of carbonyl (C=O) groups excluding carboxylic acids is 3. The third kappa shape index (κ3) is 68.5. The van der Waals surface area contributed by atoms with E-state index in [0.717, 1.165) is 103 Å². The lowest BCUT2D eigenvalue weighted by atomic mass is 10.0. The summed E-state index contributed by atoms with van der Waals surface area (Å²) in [5, 5.41) is 0. The van der Waals surface area contributed by atoms with E-state index in [4.69, 9.17) is 14.2 Å². The molecule has 83 heavy (non-hydrogen) atoms. The molecular weight excluding hydrogens is 1020 g/mol. The smallest absolute Gasteiger partial charge is 0.306 e. The van der Waals surface area contributed by atoms with Gasteiger partial charge in [-0.1, -0.05) is 316 Å². The highest BCUT2D eigenvalue weighted by Gasteiger charge is 2.19. The van der Waals surface area contributed by atoms with E-state index >= 15 is 0 Å². The molecular formula is C77H130O6. The quantitative estimate of drug-likeness (QED) is 0.0261. The van der Waals surface area contributed by atoms with Gasteiger partial charge in [0.1, 0.15) is 13.2 Å². The van der Waals surface area contributed by atoms with Gasteiger partial charge in [-0.3, -0.25) is 14.4 Å². The molecule has 474 valence electrons. The van der Waals surface area contributed by atoms with Crippen molar-refractivity contribution in [1.82, 2.24) is 0 Å². The molecule has 1 unspecified atom stereocenters. The molecule has 1 atom stereocenters. The lowest BCUT2D eigenvalue weighted by Crippen LogP contribution is -2.30. The lowest BCUT2D eigenvalue weighted by Gasteiger charge is -2.18. The molecule has 0 aromatic rings.